The maximum absolute atomic E-state index is 13.0. The summed E-state index contributed by atoms with van der Waals surface area (Å²) >= 11 is 0. The van der Waals surface area contributed by atoms with Crippen molar-refractivity contribution < 1.29 is 48.2 Å². The Morgan fingerprint density at radius 2 is 1.65 bits per heavy atom. The van der Waals surface area contributed by atoms with E-state index in [2.05, 4.69) is 27.7 Å². The van der Waals surface area contributed by atoms with Crippen LogP contribution in [0.1, 0.15) is 87.5 Å². The number of methoxy groups -OCH3 is 1. The summed E-state index contributed by atoms with van der Waals surface area (Å²) in [6.07, 6.45) is 3.61. The van der Waals surface area contributed by atoms with Gasteiger partial charge in [-0.25, -0.2) is 0 Å². The van der Waals surface area contributed by atoms with E-state index in [1.807, 2.05) is 58.8 Å². The highest BCUT2D eigenvalue weighted by molar-refractivity contribution is 5.70. The first-order chi connectivity index (χ1) is 23.0. The maximum Gasteiger partial charge on any atom is 0.306 e. The van der Waals surface area contributed by atoms with E-state index in [-0.39, 0.29) is 48.3 Å². The highest BCUT2D eigenvalue weighted by Crippen LogP contribution is 2.42. The first-order valence-corrected chi connectivity index (χ1v) is 18.1. The van der Waals surface area contributed by atoms with E-state index in [1.54, 1.807) is 19.3 Å². The van der Waals surface area contributed by atoms with Gasteiger partial charge >= 0.3 is 5.97 Å². The van der Waals surface area contributed by atoms with Crippen LogP contribution in [0.4, 0.5) is 0 Å². The number of carbonyl (C=O) groups is 2. The largest absolute Gasteiger partial charge is 0.462 e. The molecular weight excluding hydrogens is 630 g/mol. The zero-order valence-electron chi connectivity index (χ0n) is 31.7. The summed E-state index contributed by atoms with van der Waals surface area (Å²) in [6.45, 7) is 16.3. The third-order valence-corrected chi connectivity index (χ3v) is 11.1. The Bertz CT molecular complexity index is 1100. The minimum absolute atomic E-state index is 0.00425. The van der Waals surface area contributed by atoms with Crippen LogP contribution in [0.15, 0.2) is 24.3 Å². The fraction of sp³-hybridized carbons (Fsp3) is 0.842. The first-order valence-electron chi connectivity index (χ1n) is 18.1. The highest BCUT2D eigenvalue weighted by Gasteiger charge is 2.50. The van der Waals surface area contributed by atoms with Gasteiger partial charge in [-0.3, -0.25) is 4.79 Å². The Morgan fingerprint density at radius 1 is 0.959 bits per heavy atom. The maximum atomic E-state index is 13.0. The molecule has 0 saturated carbocycles. The molecule has 2 saturated heterocycles. The number of likely N-dealkylation sites (N-methyl/N-ethyl adjacent to an activating group) is 1. The fourth-order valence-corrected chi connectivity index (χ4v) is 7.64. The van der Waals surface area contributed by atoms with Gasteiger partial charge in [0.25, 0.3) is 0 Å². The van der Waals surface area contributed by atoms with Crippen molar-refractivity contribution in [3.8, 4) is 0 Å². The van der Waals surface area contributed by atoms with Crippen molar-refractivity contribution in [2.75, 3.05) is 21.2 Å². The summed E-state index contributed by atoms with van der Waals surface area (Å²) in [7, 11) is 5.32. The lowest BCUT2D eigenvalue weighted by Crippen LogP contribution is -2.65. The van der Waals surface area contributed by atoms with Gasteiger partial charge in [0, 0.05) is 26.4 Å². The molecule has 49 heavy (non-hydrogen) atoms. The zero-order chi connectivity index (χ0) is 36.6. The van der Waals surface area contributed by atoms with Gasteiger partial charge in [0.15, 0.2) is 12.6 Å². The number of carbonyl (C=O) groups excluding carboxylic acids is 2. The number of aldehydes is 1. The van der Waals surface area contributed by atoms with Gasteiger partial charge in [-0.2, -0.15) is 0 Å². The number of aliphatic hydroxyl groups is 2. The predicted molar refractivity (Wildman–Crippen MR) is 186 cm³/mol. The summed E-state index contributed by atoms with van der Waals surface area (Å²) in [5.74, 6) is -1.05. The summed E-state index contributed by atoms with van der Waals surface area (Å²) in [5.41, 5.74) is 0.00425. The van der Waals surface area contributed by atoms with Crippen molar-refractivity contribution in [3.05, 3.63) is 24.3 Å². The van der Waals surface area contributed by atoms with Gasteiger partial charge in [-0.15, -0.1) is 0 Å². The van der Waals surface area contributed by atoms with Gasteiger partial charge in [0.05, 0.1) is 43.0 Å². The predicted octanol–water partition coefficient (Wildman–Crippen LogP) is 4.67. The monoisotopic (exact) mass is 695 g/mol. The summed E-state index contributed by atoms with van der Waals surface area (Å²) < 4.78 is 37.8. The molecule has 15 atom stereocenters. The van der Waals surface area contributed by atoms with Crippen molar-refractivity contribution in [1.82, 2.24) is 4.90 Å². The lowest BCUT2D eigenvalue weighted by molar-refractivity contribution is -0.337. The molecule has 0 aromatic carbocycles. The van der Waals surface area contributed by atoms with E-state index in [1.165, 1.54) is 0 Å². The third-order valence-electron chi connectivity index (χ3n) is 11.1. The average Bonchev–Trinajstić information content (AvgIpc) is 3.00. The molecule has 3 aliphatic heterocycles. The van der Waals surface area contributed by atoms with Crippen molar-refractivity contribution in [2.45, 2.75) is 155 Å². The van der Waals surface area contributed by atoms with E-state index in [9.17, 15) is 19.8 Å². The van der Waals surface area contributed by atoms with Crippen LogP contribution in [0.3, 0.4) is 0 Å². The molecule has 282 valence electrons. The lowest BCUT2D eigenvalue weighted by Gasteiger charge is -2.50. The molecule has 0 amide bonds. The smallest absolute Gasteiger partial charge is 0.306 e. The lowest BCUT2D eigenvalue weighted by atomic mass is 9.73. The molecule has 0 bridgehead atoms. The van der Waals surface area contributed by atoms with Crippen LogP contribution in [0, 0.1) is 29.1 Å². The van der Waals surface area contributed by atoms with Crippen LogP contribution >= 0.6 is 0 Å². The molecule has 2 N–H and O–H groups in total. The normalized spacial score (nSPS) is 44.2. The zero-order valence-corrected chi connectivity index (χ0v) is 31.7. The molecule has 0 aromatic rings. The molecule has 2 fully saturated rings. The second kappa shape index (κ2) is 18.7. The highest BCUT2D eigenvalue weighted by atomic mass is 16.7. The van der Waals surface area contributed by atoms with E-state index in [0.717, 1.165) is 6.29 Å². The summed E-state index contributed by atoms with van der Waals surface area (Å²) in [6, 6.07) is -0.514. The van der Waals surface area contributed by atoms with E-state index >= 15 is 0 Å². The van der Waals surface area contributed by atoms with Crippen LogP contribution in [-0.4, -0.2) is 116 Å². The molecule has 0 aliphatic carbocycles. The fourth-order valence-electron chi connectivity index (χ4n) is 7.64. The van der Waals surface area contributed by atoms with Crippen molar-refractivity contribution >= 4 is 12.3 Å². The van der Waals surface area contributed by atoms with E-state index in [0.29, 0.717) is 25.2 Å². The third kappa shape index (κ3) is 11.1. The van der Waals surface area contributed by atoms with Gasteiger partial charge < -0.3 is 48.3 Å². The minimum atomic E-state index is -1.14. The number of allylic oxidation sites excluding steroid dienone is 2. The van der Waals surface area contributed by atoms with Crippen molar-refractivity contribution in [2.24, 2.45) is 29.1 Å². The van der Waals surface area contributed by atoms with E-state index < -0.39 is 61.2 Å². The minimum Gasteiger partial charge on any atom is -0.462 e. The first kappa shape index (κ1) is 41.7. The molecular formula is C38H65NO10. The number of cyclic esters (lactones) is 1. The Morgan fingerprint density at radius 3 is 2.27 bits per heavy atom. The number of hydrogen-bond donors (Lipinski definition) is 2. The van der Waals surface area contributed by atoms with Crippen LogP contribution < -0.4 is 0 Å². The quantitative estimate of drug-likeness (QED) is 0.271. The molecule has 0 spiro atoms. The van der Waals surface area contributed by atoms with Crippen LogP contribution in [0.2, 0.25) is 0 Å². The van der Waals surface area contributed by atoms with E-state index in [4.69, 9.17) is 28.4 Å². The second-order valence-corrected chi connectivity index (χ2v) is 15.7. The Balaban J connectivity index is 1.94. The van der Waals surface area contributed by atoms with Crippen LogP contribution in [0.25, 0.3) is 0 Å². The number of nitrogens with zero attached hydrogens (tertiary/aromatic N) is 1. The molecule has 0 aromatic heterocycles. The molecule has 3 unspecified atom stereocenters. The topological polar surface area (TPSA) is 133 Å². The molecule has 3 heterocycles. The van der Waals surface area contributed by atoms with Crippen molar-refractivity contribution in [1.29, 1.82) is 0 Å². The molecule has 3 rings (SSSR count). The Hall–Kier alpha value is -1.70. The van der Waals surface area contributed by atoms with Crippen molar-refractivity contribution in [3.63, 3.8) is 0 Å². The number of hydrogen-bond acceptors (Lipinski definition) is 11. The standard InChI is InChI=1S/C38H65NO10/c1-22-19-28(17-18-40)36(34(44-11)23(2)20-30(42)45-24(3)15-13-12-14-16-29(22)41)49-37-33(43)32(39(9)10)35(27(6)47-37)48-31-21-38(7,8)25(4)26(5)46-31/h12-14,16,18,22-29,31-37,41,43H,15,17,19-21H2,1-11H3/b13-12+,16-14+/t22-,23+,24-,25+,26?,27-,28+,29+,31+,32?,33?,34+,35+,36+,37+/m1/s1. The van der Waals surface area contributed by atoms with Gasteiger partial charge in [-0.05, 0) is 70.4 Å². The van der Waals surface area contributed by atoms with Gasteiger partial charge in [0.2, 0.25) is 0 Å². The number of rotatable bonds is 8. The molecule has 3 aliphatic rings. The Kier molecular flexibility index (Phi) is 15.9. The SMILES string of the molecule is CO[C@@H]1[C@@H](O[C@@H]2O[C@H](C)[C@H](O[C@H]3CC(C)(C)[C@@H](C)C(C)O3)C(N(C)C)C2O)[C@@H](CC=O)C[C@@H](C)[C@@H](O)/C=C/C=C/C[C@@H](C)OC(=O)C[C@@H]1C. The molecule has 11 heteroatoms. The van der Waals surface area contributed by atoms with Gasteiger partial charge in [0.1, 0.15) is 24.6 Å². The molecule has 11 nitrogen and oxygen atoms in total. The second-order valence-electron chi connectivity index (χ2n) is 15.7. The average molecular weight is 696 g/mol. The number of ether oxygens (including phenoxy) is 6. The summed E-state index contributed by atoms with van der Waals surface area (Å²) in [4.78, 5) is 27.1. The Labute approximate surface area is 294 Å². The number of esters is 1. The van der Waals surface area contributed by atoms with Gasteiger partial charge in [-0.1, -0.05) is 58.9 Å². The van der Waals surface area contributed by atoms with Crippen LogP contribution in [-0.2, 0) is 38.0 Å². The number of aliphatic hydroxyl groups excluding tert-OH is 2. The summed E-state index contributed by atoms with van der Waals surface area (Å²) in [5, 5.41) is 22.9. The molecule has 0 radical (unpaired) electrons. The van der Waals surface area contributed by atoms with Crippen LogP contribution in [0.5, 0.6) is 0 Å².